The number of aromatic nitrogens is 1. The number of rotatable bonds is 5. The maximum Gasteiger partial charge on any atom is 0.206 e. The highest BCUT2D eigenvalue weighted by molar-refractivity contribution is 7.11. The lowest BCUT2D eigenvalue weighted by Crippen LogP contribution is -2.47. The van der Waals surface area contributed by atoms with E-state index in [9.17, 15) is 0 Å². The highest BCUT2D eigenvalue weighted by Gasteiger charge is 2.13. The summed E-state index contributed by atoms with van der Waals surface area (Å²) in [4.78, 5) is 10.1. The van der Waals surface area contributed by atoms with E-state index < -0.39 is 0 Å². The zero-order valence-electron chi connectivity index (χ0n) is 12.2. The topological polar surface area (TPSA) is 84.6 Å². The fourth-order valence-corrected chi connectivity index (χ4v) is 2.75. The molecule has 7 heteroatoms. The number of thiazole rings is 1. The highest BCUT2D eigenvalue weighted by atomic mass is 32.1. The van der Waals surface area contributed by atoms with Crippen molar-refractivity contribution in [3.05, 3.63) is 15.6 Å². The first-order valence-corrected chi connectivity index (χ1v) is 7.03. The number of guanidine groups is 1. The van der Waals surface area contributed by atoms with Gasteiger partial charge in [-0.15, -0.1) is 11.3 Å². The van der Waals surface area contributed by atoms with Crippen molar-refractivity contribution in [2.75, 3.05) is 13.7 Å². The molecular formula is C12H23N5OS. The first-order valence-electron chi connectivity index (χ1n) is 6.21. The molecule has 1 rings (SSSR count). The van der Waals surface area contributed by atoms with Gasteiger partial charge >= 0.3 is 0 Å². The lowest BCUT2D eigenvalue weighted by atomic mass is 10.2. The van der Waals surface area contributed by atoms with Gasteiger partial charge in [0.2, 0.25) is 5.96 Å². The molecule has 0 bridgehead atoms. The third-order valence-electron chi connectivity index (χ3n) is 2.58. The van der Waals surface area contributed by atoms with Crippen LogP contribution in [0.1, 0.15) is 35.5 Å². The van der Waals surface area contributed by atoms with Crippen LogP contribution in [0.25, 0.3) is 0 Å². The van der Waals surface area contributed by atoms with Crippen LogP contribution in [0.4, 0.5) is 0 Å². The molecule has 0 aliphatic heterocycles. The van der Waals surface area contributed by atoms with Crippen molar-refractivity contribution in [1.29, 1.82) is 0 Å². The normalized spacial score (nSPS) is 15.2. The zero-order valence-corrected chi connectivity index (χ0v) is 13.0. The summed E-state index contributed by atoms with van der Waals surface area (Å²) in [5.41, 5.74) is 3.61. The molecule has 1 aromatic rings. The van der Waals surface area contributed by atoms with Gasteiger partial charge < -0.3 is 10.1 Å². The largest absolute Gasteiger partial charge is 0.383 e. The molecule has 0 fully saturated rings. The van der Waals surface area contributed by atoms with Crippen molar-refractivity contribution in [2.24, 2.45) is 10.8 Å². The Labute approximate surface area is 118 Å². The molecule has 0 amide bonds. The van der Waals surface area contributed by atoms with Crippen LogP contribution in [0.15, 0.2) is 4.99 Å². The quantitative estimate of drug-likeness (QED) is 0.328. The van der Waals surface area contributed by atoms with Gasteiger partial charge in [-0.25, -0.2) is 15.8 Å². The molecule has 0 spiro atoms. The molecule has 2 unspecified atom stereocenters. The Balaban J connectivity index is 2.77. The van der Waals surface area contributed by atoms with Crippen molar-refractivity contribution in [3.63, 3.8) is 0 Å². The van der Waals surface area contributed by atoms with E-state index in [0.717, 1.165) is 15.6 Å². The van der Waals surface area contributed by atoms with E-state index in [-0.39, 0.29) is 12.1 Å². The number of nitrogens with one attached hydrogen (secondary N) is 2. The zero-order chi connectivity index (χ0) is 14.4. The molecular weight excluding hydrogens is 262 g/mol. The molecule has 4 N–H and O–H groups in total. The van der Waals surface area contributed by atoms with Gasteiger partial charge in [0, 0.05) is 13.2 Å². The summed E-state index contributed by atoms with van der Waals surface area (Å²) >= 11 is 1.66. The number of ether oxygens (including phenoxy) is 1. The van der Waals surface area contributed by atoms with Crippen LogP contribution in [-0.2, 0) is 4.74 Å². The van der Waals surface area contributed by atoms with Crippen LogP contribution in [0.3, 0.4) is 0 Å². The summed E-state index contributed by atoms with van der Waals surface area (Å²) in [5.74, 6) is 6.05. The van der Waals surface area contributed by atoms with Gasteiger partial charge in [0.05, 0.1) is 28.2 Å². The number of aryl methyl sites for hydroxylation is 2. The van der Waals surface area contributed by atoms with Gasteiger partial charge in [-0.05, 0) is 27.7 Å². The van der Waals surface area contributed by atoms with E-state index in [2.05, 4.69) is 20.7 Å². The molecule has 6 nitrogen and oxygen atoms in total. The first-order chi connectivity index (χ1) is 8.97. The number of methoxy groups -OCH3 is 1. The number of hydrogen-bond acceptors (Lipinski definition) is 5. The predicted molar refractivity (Wildman–Crippen MR) is 79.2 cm³/mol. The number of nitrogens with two attached hydrogens (primary N) is 1. The highest BCUT2D eigenvalue weighted by Crippen LogP contribution is 2.26. The van der Waals surface area contributed by atoms with Crippen molar-refractivity contribution in [1.82, 2.24) is 15.7 Å². The summed E-state index contributed by atoms with van der Waals surface area (Å²) < 4.78 is 5.07. The summed E-state index contributed by atoms with van der Waals surface area (Å²) in [7, 11) is 1.66. The summed E-state index contributed by atoms with van der Waals surface area (Å²) in [5, 5.41) is 4.22. The molecule has 0 saturated carbocycles. The SMILES string of the molecule is COCC(C)NC(=NC(C)c1sc(C)nc1C)NN. The average molecular weight is 285 g/mol. The van der Waals surface area contributed by atoms with Crippen molar-refractivity contribution < 1.29 is 4.74 Å². The molecule has 108 valence electrons. The first kappa shape index (κ1) is 15.9. The molecule has 0 radical (unpaired) electrons. The predicted octanol–water partition coefficient (Wildman–Crippen LogP) is 1.26. The Morgan fingerprint density at radius 2 is 2.16 bits per heavy atom. The van der Waals surface area contributed by atoms with E-state index in [1.165, 1.54) is 0 Å². The molecule has 19 heavy (non-hydrogen) atoms. The molecule has 0 saturated heterocycles. The Kier molecular flexibility index (Phi) is 6.20. The van der Waals surface area contributed by atoms with Crippen LogP contribution in [0, 0.1) is 13.8 Å². The van der Waals surface area contributed by atoms with E-state index >= 15 is 0 Å². The minimum Gasteiger partial charge on any atom is -0.383 e. The summed E-state index contributed by atoms with van der Waals surface area (Å²) in [6.45, 7) is 8.62. The second-order valence-electron chi connectivity index (χ2n) is 4.48. The number of hydrogen-bond donors (Lipinski definition) is 3. The van der Waals surface area contributed by atoms with Crippen molar-refractivity contribution >= 4 is 17.3 Å². The third kappa shape index (κ3) is 4.77. The average Bonchev–Trinajstić information content (AvgIpc) is 2.67. The van der Waals surface area contributed by atoms with Gasteiger partial charge in [0.1, 0.15) is 0 Å². The van der Waals surface area contributed by atoms with E-state index in [1.807, 2.05) is 27.7 Å². The molecule has 0 aliphatic rings. The monoisotopic (exact) mass is 285 g/mol. The maximum absolute atomic E-state index is 5.49. The molecule has 0 aromatic carbocycles. The minimum absolute atomic E-state index is 0.0134. The lowest BCUT2D eigenvalue weighted by molar-refractivity contribution is 0.179. The van der Waals surface area contributed by atoms with E-state index in [4.69, 9.17) is 10.6 Å². The lowest BCUT2D eigenvalue weighted by Gasteiger charge is -2.17. The Morgan fingerprint density at radius 3 is 2.63 bits per heavy atom. The molecule has 1 aromatic heterocycles. The molecule has 0 aliphatic carbocycles. The smallest absolute Gasteiger partial charge is 0.206 e. The standard InChI is InChI=1S/C12H23N5OS/c1-7(6-18-5)14-12(17-13)16-9(3)11-8(2)15-10(4)19-11/h7,9H,6,13H2,1-5H3,(H2,14,16,17). The molecule has 2 atom stereocenters. The second-order valence-corrected chi connectivity index (χ2v) is 5.72. The van der Waals surface area contributed by atoms with Crippen LogP contribution in [0.5, 0.6) is 0 Å². The van der Waals surface area contributed by atoms with Gasteiger partial charge in [-0.3, -0.25) is 5.43 Å². The Bertz CT molecular complexity index is 432. The fraction of sp³-hybridized carbons (Fsp3) is 0.667. The molecule has 1 heterocycles. The van der Waals surface area contributed by atoms with E-state index in [0.29, 0.717) is 12.6 Å². The van der Waals surface area contributed by atoms with Crippen LogP contribution in [0.2, 0.25) is 0 Å². The van der Waals surface area contributed by atoms with Crippen LogP contribution < -0.4 is 16.6 Å². The maximum atomic E-state index is 5.49. The van der Waals surface area contributed by atoms with Gasteiger partial charge in [0.25, 0.3) is 0 Å². The minimum atomic E-state index is 0.0134. The number of hydrazine groups is 1. The summed E-state index contributed by atoms with van der Waals surface area (Å²) in [6.07, 6.45) is 0. The van der Waals surface area contributed by atoms with Crippen LogP contribution in [-0.4, -0.2) is 30.7 Å². The third-order valence-corrected chi connectivity index (χ3v) is 3.82. The Hall–Kier alpha value is -1.18. The van der Waals surface area contributed by atoms with Gasteiger partial charge in [-0.1, -0.05) is 0 Å². The second kappa shape index (κ2) is 7.42. The van der Waals surface area contributed by atoms with Crippen molar-refractivity contribution in [3.8, 4) is 0 Å². The van der Waals surface area contributed by atoms with Gasteiger partial charge in [0.15, 0.2) is 0 Å². The Morgan fingerprint density at radius 1 is 1.47 bits per heavy atom. The summed E-state index contributed by atoms with van der Waals surface area (Å²) in [6, 6.07) is 0.149. The fourth-order valence-electron chi connectivity index (χ4n) is 1.83. The van der Waals surface area contributed by atoms with E-state index in [1.54, 1.807) is 18.4 Å². The van der Waals surface area contributed by atoms with Gasteiger partial charge in [-0.2, -0.15) is 0 Å². The van der Waals surface area contributed by atoms with Crippen LogP contribution >= 0.6 is 11.3 Å². The number of nitrogens with zero attached hydrogens (tertiary/aromatic N) is 2. The number of aliphatic imine (C=N–C) groups is 1. The van der Waals surface area contributed by atoms with Crippen molar-refractivity contribution in [2.45, 2.75) is 39.8 Å².